The van der Waals surface area contributed by atoms with Gasteiger partial charge in [-0.25, -0.2) is 0 Å². The molecule has 80 valence electrons. The van der Waals surface area contributed by atoms with Crippen molar-refractivity contribution in [3.05, 3.63) is 35.4 Å². The predicted octanol–water partition coefficient (Wildman–Crippen LogP) is 3.41. The maximum atomic E-state index is 9.11. The second-order valence-electron chi connectivity index (χ2n) is 4.60. The van der Waals surface area contributed by atoms with Gasteiger partial charge in [0.05, 0.1) is 6.07 Å². The lowest BCUT2D eigenvalue weighted by molar-refractivity contribution is 0.254. The molecule has 0 fully saturated rings. The van der Waals surface area contributed by atoms with Crippen LogP contribution >= 0.6 is 0 Å². The summed E-state index contributed by atoms with van der Waals surface area (Å²) in [6.07, 6.45) is -0.419. The number of hydrogen-bond donors (Lipinski definition) is 0. The average Bonchev–Trinajstić information content (AvgIpc) is 2.14. The topological polar surface area (TPSA) is 33.0 Å². The van der Waals surface area contributed by atoms with Gasteiger partial charge in [0.1, 0.15) is 0 Å². The highest BCUT2D eigenvalue weighted by Crippen LogP contribution is 2.23. The molecule has 1 aromatic rings. The SMILES string of the molecule is Cc1ccccc1[C@@H](C#N)O[Si](C)(C)C. The van der Waals surface area contributed by atoms with Crippen LogP contribution in [-0.4, -0.2) is 8.32 Å². The fraction of sp³-hybridized carbons (Fsp3) is 0.417. The highest BCUT2D eigenvalue weighted by molar-refractivity contribution is 6.69. The third-order valence-corrected chi connectivity index (χ3v) is 3.00. The lowest BCUT2D eigenvalue weighted by Crippen LogP contribution is -2.27. The molecule has 3 heteroatoms. The van der Waals surface area contributed by atoms with E-state index in [1.807, 2.05) is 31.2 Å². The lowest BCUT2D eigenvalue weighted by Gasteiger charge is -2.22. The summed E-state index contributed by atoms with van der Waals surface area (Å²) in [5.74, 6) is 0. The molecule has 0 heterocycles. The van der Waals surface area contributed by atoms with Crippen molar-refractivity contribution in [3.63, 3.8) is 0 Å². The first-order valence-electron chi connectivity index (χ1n) is 5.07. The van der Waals surface area contributed by atoms with E-state index in [4.69, 9.17) is 9.69 Å². The minimum Gasteiger partial charge on any atom is -0.399 e. The molecule has 1 rings (SSSR count). The Morgan fingerprint density at radius 3 is 2.33 bits per heavy atom. The van der Waals surface area contributed by atoms with E-state index in [0.29, 0.717) is 0 Å². The van der Waals surface area contributed by atoms with Crippen molar-refractivity contribution >= 4 is 8.32 Å². The minimum atomic E-state index is -1.67. The molecule has 0 radical (unpaired) electrons. The van der Waals surface area contributed by atoms with Crippen molar-refractivity contribution in [1.29, 1.82) is 5.26 Å². The molecule has 0 amide bonds. The maximum Gasteiger partial charge on any atom is 0.186 e. The van der Waals surface area contributed by atoms with Gasteiger partial charge in [-0.2, -0.15) is 5.26 Å². The summed E-state index contributed by atoms with van der Waals surface area (Å²) in [5, 5.41) is 9.11. The molecule has 0 spiro atoms. The normalized spacial score (nSPS) is 13.3. The van der Waals surface area contributed by atoms with Crippen LogP contribution in [-0.2, 0) is 4.43 Å². The Labute approximate surface area is 92.6 Å². The van der Waals surface area contributed by atoms with Gasteiger partial charge >= 0.3 is 0 Å². The Bertz CT molecular complexity index is 376. The summed E-state index contributed by atoms with van der Waals surface area (Å²) < 4.78 is 5.83. The van der Waals surface area contributed by atoms with Gasteiger partial charge in [0.2, 0.25) is 0 Å². The lowest BCUT2D eigenvalue weighted by atomic mass is 10.0. The van der Waals surface area contributed by atoms with Gasteiger partial charge in [-0.3, -0.25) is 0 Å². The number of nitriles is 1. The summed E-state index contributed by atoms with van der Waals surface area (Å²) in [6.45, 7) is 8.29. The van der Waals surface area contributed by atoms with Crippen LogP contribution in [0.5, 0.6) is 0 Å². The van der Waals surface area contributed by atoms with Gasteiger partial charge in [0.25, 0.3) is 0 Å². The largest absolute Gasteiger partial charge is 0.399 e. The number of nitrogens with zero attached hydrogens (tertiary/aromatic N) is 1. The summed E-state index contributed by atoms with van der Waals surface area (Å²) in [6, 6.07) is 10.1. The first-order valence-corrected chi connectivity index (χ1v) is 8.48. The number of rotatable bonds is 3. The molecule has 0 saturated heterocycles. The monoisotopic (exact) mass is 219 g/mol. The molecule has 0 aliphatic carbocycles. The van der Waals surface area contributed by atoms with E-state index in [2.05, 4.69) is 25.7 Å². The third-order valence-electron chi connectivity index (χ3n) is 2.06. The van der Waals surface area contributed by atoms with Gasteiger partial charge in [0, 0.05) is 0 Å². The van der Waals surface area contributed by atoms with Gasteiger partial charge < -0.3 is 4.43 Å². The molecule has 0 aromatic heterocycles. The first-order chi connectivity index (χ1) is 6.94. The van der Waals surface area contributed by atoms with E-state index in [-0.39, 0.29) is 0 Å². The van der Waals surface area contributed by atoms with Crippen LogP contribution in [0.1, 0.15) is 17.2 Å². The predicted molar refractivity (Wildman–Crippen MR) is 64.0 cm³/mol. The van der Waals surface area contributed by atoms with Crippen molar-refractivity contribution in [2.45, 2.75) is 32.7 Å². The van der Waals surface area contributed by atoms with E-state index in [0.717, 1.165) is 11.1 Å². The Hall–Kier alpha value is -1.11. The quantitative estimate of drug-likeness (QED) is 0.730. The molecule has 15 heavy (non-hydrogen) atoms. The second-order valence-corrected chi connectivity index (χ2v) is 9.06. The van der Waals surface area contributed by atoms with E-state index in [1.54, 1.807) is 0 Å². The summed E-state index contributed by atoms with van der Waals surface area (Å²) in [4.78, 5) is 0. The Balaban J connectivity index is 2.95. The summed E-state index contributed by atoms with van der Waals surface area (Å²) in [7, 11) is -1.67. The van der Waals surface area contributed by atoms with Crippen LogP contribution < -0.4 is 0 Å². The highest BCUT2D eigenvalue weighted by atomic mass is 28.4. The molecule has 1 aromatic carbocycles. The smallest absolute Gasteiger partial charge is 0.186 e. The Kier molecular flexibility index (Phi) is 3.67. The van der Waals surface area contributed by atoms with E-state index >= 15 is 0 Å². The van der Waals surface area contributed by atoms with Gasteiger partial charge in [-0.15, -0.1) is 0 Å². The van der Waals surface area contributed by atoms with E-state index in [1.165, 1.54) is 0 Å². The van der Waals surface area contributed by atoms with Gasteiger partial charge in [-0.1, -0.05) is 24.3 Å². The second kappa shape index (κ2) is 4.60. The number of hydrogen-bond acceptors (Lipinski definition) is 2. The fourth-order valence-electron chi connectivity index (χ4n) is 1.39. The number of benzene rings is 1. The summed E-state index contributed by atoms with van der Waals surface area (Å²) in [5.41, 5.74) is 2.10. The molecule has 0 unspecified atom stereocenters. The fourth-order valence-corrected chi connectivity index (χ4v) is 2.28. The Morgan fingerprint density at radius 1 is 1.27 bits per heavy atom. The zero-order valence-electron chi connectivity index (χ0n) is 9.74. The molecular weight excluding hydrogens is 202 g/mol. The van der Waals surface area contributed by atoms with Crippen molar-refractivity contribution < 1.29 is 4.43 Å². The molecule has 0 N–H and O–H groups in total. The zero-order valence-corrected chi connectivity index (χ0v) is 10.7. The van der Waals surface area contributed by atoms with Crippen LogP contribution in [0.3, 0.4) is 0 Å². The molecule has 0 aliphatic rings. The van der Waals surface area contributed by atoms with Crippen LogP contribution in [0.2, 0.25) is 19.6 Å². The third kappa shape index (κ3) is 3.50. The maximum absolute atomic E-state index is 9.11. The zero-order chi connectivity index (χ0) is 11.5. The van der Waals surface area contributed by atoms with E-state index in [9.17, 15) is 0 Å². The molecule has 0 aliphatic heterocycles. The standard InChI is InChI=1S/C12H17NOSi/c1-10-7-5-6-8-11(10)12(9-13)14-15(2,3)4/h5-8,12H,1-4H3/t12-/m1/s1. The Morgan fingerprint density at radius 2 is 1.87 bits per heavy atom. The van der Waals surface area contributed by atoms with E-state index < -0.39 is 14.4 Å². The van der Waals surface area contributed by atoms with Crippen molar-refractivity contribution in [3.8, 4) is 6.07 Å². The number of aryl methyl sites for hydroxylation is 1. The molecule has 2 nitrogen and oxygen atoms in total. The molecule has 0 bridgehead atoms. The van der Waals surface area contributed by atoms with Crippen molar-refractivity contribution in [1.82, 2.24) is 0 Å². The van der Waals surface area contributed by atoms with Crippen LogP contribution in [0.25, 0.3) is 0 Å². The van der Waals surface area contributed by atoms with Crippen molar-refractivity contribution in [2.24, 2.45) is 0 Å². The van der Waals surface area contributed by atoms with Crippen LogP contribution in [0.15, 0.2) is 24.3 Å². The minimum absolute atomic E-state index is 0.419. The van der Waals surface area contributed by atoms with Crippen molar-refractivity contribution in [2.75, 3.05) is 0 Å². The van der Waals surface area contributed by atoms with Gasteiger partial charge in [0.15, 0.2) is 14.4 Å². The summed E-state index contributed by atoms with van der Waals surface area (Å²) >= 11 is 0. The van der Waals surface area contributed by atoms with Crippen LogP contribution in [0.4, 0.5) is 0 Å². The first kappa shape index (κ1) is 12.0. The highest BCUT2D eigenvalue weighted by Gasteiger charge is 2.22. The van der Waals surface area contributed by atoms with Gasteiger partial charge in [-0.05, 0) is 37.7 Å². The molecular formula is C12H17NOSi. The molecule has 1 atom stereocenters. The molecule has 0 saturated carbocycles. The van der Waals surface area contributed by atoms with Crippen LogP contribution in [0, 0.1) is 18.3 Å². The average molecular weight is 219 g/mol.